The molecular formula is C20H23F3N2O2. The number of hydrogen-bond acceptors (Lipinski definition) is 3. The predicted molar refractivity (Wildman–Crippen MR) is 96.1 cm³/mol. The van der Waals surface area contributed by atoms with Gasteiger partial charge in [0.25, 0.3) is 5.91 Å². The maximum atomic E-state index is 12.5. The van der Waals surface area contributed by atoms with Gasteiger partial charge in [-0.1, -0.05) is 44.2 Å². The third-order valence-corrected chi connectivity index (χ3v) is 3.66. The number of carbonyl (C=O) groups excluding carboxylic acids is 1. The lowest BCUT2D eigenvalue weighted by molar-refractivity contribution is -0.127. The first-order valence-corrected chi connectivity index (χ1v) is 8.68. The Bertz CT molecular complexity index is 744. The summed E-state index contributed by atoms with van der Waals surface area (Å²) in [7, 11) is 0. The minimum absolute atomic E-state index is 0.197. The van der Waals surface area contributed by atoms with Crippen molar-refractivity contribution in [1.29, 1.82) is 0 Å². The molecule has 0 saturated carbocycles. The fraction of sp³-hybridized carbons (Fsp3) is 0.400. The van der Waals surface area contributed by atoms with Crippen LogP contribution in [0.1, 0.15) is 41.0 Å². The van der Waals surface area contributed by atoms with Crippen molar-refractivity contribution in [2.24, 2.45) is 5.92 Å². The molecule has 0 radical (unpaired) electrons. The molecule has 2 aromatic rings. The molecule has 1 aromatic heterocycles. The molecule has 7 heteroatoms. The van der Waals surface area contributed by atoms with Crippen LogP contribution in [0.3, 0.4) is 0 Å². The Labute approximate surface area is 156 Å². The molecule has 1 heterocycles. The minimum atomic E-state index is -4.23. The summed E-state index contributed by atoms with van der Waals surface area (Å²) in [4.78, 5) is 16.0. The summed E-state index contributed by atoms with van der Waals surface area (Å²) < 4.78 is 42.9. The van der Waals surface area contributed by atoms with Gasteiger partial charge in [-0.3, -0.25) is 9.78 Å². The Morgan fingerprint density at radius 3 is 2.44 bits per heavy atom. The molecule has 1 aromatic carbocycles. The standard InChI is InChI=1S/C20H23F3N2O2/c1-14(2)10-25-19(26)18-7-6-17(11-24-18)13-27-12-16-5-3-4-15(8-16)9-20(21,22)23/h3-8,11,14H,9-10,12-13H2,1-2H3,(H,25,26). The second kappa shape index (κ2) is 9.50. The maximum Gasteiger partial charge on any atom is 0.393 e. The molecule has 27 heavy (non-hydrogen) atoms. The number of amides is 1. The van der Waals surface area contributed by atoms with E-state index in [4.69, 9.17) is 4.74 Å². The normalized spacial score (nSPS) is 11.6. The highest BCUT2D eigenvalue weighted by Crippen LogP contribution is 2.22. The second-order valence-corrected chi connectivity index (χ2v) is 6.76. The number of aromatic nitrogens is 1. The van der Waals surface area contributed by atoms with Gasteiger partial charge in [0.1, 0.15) is 5.69 Å². The van der Waals surface area contributed by atoms with Crippen molar-refractivity contribution in [1.82, 2.24) is 10.3 Å². The van der Waals surface area contributed by atoms with Crippen molar-refractivity contribution < 1.29 is 22.7 Å². The highest BCUT2D eigenvalue weighted by molar-refractivity contribution is 5.92. The van der Waals surface area contributed by atoms with Gasteiger partial charge in [0, 0.05) is 12.7 Å². The largest absolute Gasteiger partial charge is 0.393 e. The third kappa shape index (κ3) is 7.78. The van der Waals surface area contributed by atoms with E-state index in [1.807, 2.05) is 13.8 Å². The van der Waals surface area contributed by atoms with Gasteiger partial charge in [0.05, 0.1) is 19.6 Å². The Kier molecular flexibility index (Phi) is 7.36. The first kappa shape index (κ1) is 20.9. The van der Waals surface area contributed by atoms with Crippen LogP contribution in [0, 0.1) is 5.92 Å². The quantitative estimate of drug-likeness (QED) is 0.743. The van der Waals surface area contributed by atoms with E-state index in [9.17, 15) is 18.0 Å². The first-order chi connectivity index (χ1) is 12.7. The van der Waals surface area contributed by atoms with Gasteiger partial charge in [0.15, 0.2) is 0 Å². The second-order valence-electron chi connectivity index (χ2n) is 6.76. The zero-order valence-corrected chi connectivity index (χ0v) is 15.3. The van der Waals surface area contributed by atoms with Crippen molar-refractivity contribution in [3.8, 4) is 0 Å². The number of rotatable bonds is 8. The molecule has 2 rings (SSSR count). The van der Waals surface area contributed by atoms with Crippen molar-refractivity contribution >= 4 is 5.91 Å². The number of nitrogens with one attached hydrogen (secondary N) is 1. The van der Waals surface area contributed by atoms with Crippen LogP contribution in [-0.4, -0.2) is 23.6 Å². The monoisotopic (exact) mass is 380 g/mol. The van der Waals surface area contributed by atoms with E-state index < -0.39 is 12.6 Å². The Morgan fingerprint density at radius 2 is 1.81 bits per heavy atom. The molecular weight excluding hydrogens is 357 g/mol. The highest BCUT2D eigenvalue weighted by Gasteiger charge is 2.27. The Morgan fingerprint density at radius 1 is 1.11 bits per heavy atom. The molecule has 0 aliphatic rings. The summed E-state index contributed by atoms with van der Waals surface area (Å²) in [5.41, 5.74) is 2.00. The number of carbonyl (C=O) groups is 1. The van der Waals surface area contributed by atoms with Crippen LogP contribution in [0.15, 0.2) is 42.6 Å². The minimum Gasteiger partial charge on any atom is -0.372 e. The molecule has 1 amide bonds. The summed E-state index contributed by atoms with van der Waals surface area (Å²) in [6.07, 6.45) is -3.62. The van der Waals surface area contributed by atoms with Gasteiger partial charge < -0.3 is 10.1 Å². The zero-order chi connectivity index (χ0) is 19.9. The van der Waals surface area contributed by atoms with Gasteiger partial charge in [-0.15, -0.1) is 0 Å². The van der Waals surface area contributed by atoms with Crippen molar-refractivity contribution in [2.75, 3.05) is 6.54 Å². The van der Waals surface area contributed by atoms with Gasteiger partial charge in [-0.05, 0) is 28.7 Å². The smallest absolute Gasteiger partial charge is 0.372 e. The van der Waals surface area contributed by atoms with Crippen LogP contribution < -0.4 is 5.32 Å². The van der Waals surface area contributed by atoms with Crippen LogP contribution in [0.2, 0.25) is 0 Å². The molecule has 0 unspecified atom stereocenters. The summed E-state index contributed by atoms with van der Waals surface area (Å²) >= 11 is 0. The molecule has 0 spiro atoms. The van der Waals surface area contributed by atoms with Gasteiger partial charge in [-0.25, -0.2) is 0 Å². The molecule has 1 N–H and O–H groups in total. The van der Waals surface area contributed by atoms with Gasteiger partial charge in [-0.2, -0.15) is 13.2 Å². The Hall–Kier alpha value is -2.41. The number of ether oxygens (including phenoxy) is 1. The summed E-state index contributed by atoms with van der Waals surface area (Å²) in [6.45, 7) is 5.05. The number of benzene rings is 1. The van der Waals surface area contributed by atoms with Crippen molar-refractivity contribution in [2.45, 2.75) is 39.7 Å². The summed E-state index contributed by atoms with van der Waals surface area (Å²) in [5, 5.41) is 2.79. The van der Waals surface area contributed by atoms with Crippen LogP contribution >= 0.6 is 0 Å². The topological polar surface area (TPSA) is 51.2 Å². The lowest BCUT2D eigenvalue weighted by atomic mass is 10.1. The van der Waals surface area contributed by atoms with Crippen molar-refractivity contribution in [3.63, 3.8) is 0 Å². The van der Waals surface area contributed by atoms with Crippen LogP contribution in [0.25, 0.3) is 0 Å². The van der Waals surface area contributed by atoms with Crippen LogP contribution in [0.5, 0.6) is 0 Å². The molecule has 0 fully saturated rings. The lowest BCUT2D eigenvalue weighted by Gasteiger charge is -2.09. The molecule has 0 bridgehead atoms. The van der Waals surface area contributed by atoms with Crippen molar-refractivity contribution in [3.05, 3.63) is 65.0 Å². The van der Waals surface area contributed by atoms with E-state index in [0.29, 0.717) is 23.7 Å². The third-order valence-electron chi connectivity index (χ3n) is 3.66. The number of alkyl halides is 3. The van der Waals surface area contributed by atoms with E-state index in [1.54, 1.807) is 30.5 Å². The van der Waals surface area contributed by atoms with E-state index in [2.05, 4.69) is 10.3 Å². The SMILES string of the molecule is CC(C)CNC(=O)c1ccc(COCc2cccc(CC(F)(F)F)c2)cn1. The molecule has 4 nitrogen and oxygen atoms in total. The highest BCUT2D eigenvalue weighted by atomic mass is 19.4. The first-order valence-electron chi connectivity index (χ1n) is 8.68. The summed E-state index contributed by atoms with van der Waals surface area (Å²) in [6, 6.07) is 9.62. The molecule has 0 saturated heterocycles. The van der Waals surface area contributed by atoms with Crippen LogP contribution in [-0.2, 0) is 24.4 Å². The lowest BCUT2D eigenvalue weighted by Crippen LogP contribution is -2.28. The fourth-order valence-corrected chi connectivity index (χ4v) is 2.38. The zero-order valence-electron chi connectivity index (χ0n) is 15.3. The molecule has 0 atom stereocenters. The van der Waals surface area contributed by atoms with Crippen LogP contribution in [0.4, 0.5) is 13.2 Å². The maximum absolute atomic E-state index is 12.5. The average Bonchev–Trinajstić information content (AvgIpc) is 2.59. The number of hydrogen-bond donors (Lipinski definition) is 1. The van der Waals surface area contributed by atoms with E-state index in [0.717, 1.165) is 5.56 Å². The molecule has 0 aliphatic carbocycles. The number of nitrogens with zero attached hydrogens (tertiary/aromatic N) is 1. The van der Waals surface area contributed by atoms with Gasteiger partial charge in [0.2, 0.25) is 0 Å². The number of pyridine rings is 1. The van der Waals surface area contributed by atoms with E-state index in [1.165, 1.54) is 12.1 Å². The fourth-order valence-electron chi connectivity index (χ4n) is 2.38. The summed E-state index contributed by atoms with van der Waals surface area (Å²) in [5.74, 6) is 0.133. The molecule has 0 aliphatic heterocycles. The molecule has 146 valence electrons. The number of halogens is 3. The Balaban J connectivity index is 1.83. The predicted octanol–water partition coefficient (Wildman–Crippen LogP) is 4.29. The van der Waals surface area contributed by atoms with E-state index >= 15 is 0 Å². The van der Waals surface area contributed by atoms with E-state index in [-0.39, 0.29) is 24.7 Å². The van der Waals surface area contributed by atoms with Gasteiger partial charge >= 0.3 is 6.18 Å². The average molecular weight is 380 g/mol.